The number of nitrogens with zero attached hydrogens (tertiary/aromatic N) is 2. The molecule has 0 spiro atoms. The fourth-order valence-electron chi connectivity index (χ4n) is 1.41. The van der Waals surface area contributed by atoms with E-state index in [2.05, 4.69) is 49.5 Å². The third-order valence-electron chi connectivity index (χ3n) is 2.16. The summed E-state index contributed by atoms with van der Waals surface area (Å²) in [5, 5.41) is 3.48. The zero-order chi connectivity index (χ0) is 11.5. The molecule has 0 radical (unpaired) electrons. The Hall–Kier alpha value is -0.830. The van der Waals surface area contributed by atoms with Crippen molar-refractivity contribution >= 4 is 0 Å². The summed E-state index contributed by atoms with van der Waals surface area (Å²) >= 11 is 0. The van der Waals surface area contributed by atoms with Crippen molar-refractivity contribution in [2.75, 3.05) is 0 Å². The third-order valence-corrected chi connectivity index (χ3v) is 2.16. The van der Waals surface area contributed by atoms with Crippen LogP contribution in [-0.2, 0) is 13.1 Å². The third kappa shape index (κ3) is 4.47. The van der Waals surface area contributed by atoms with Crippen LogP contribution in [0.25, 0.3) is 0 Å². The first-order valence-electron chi connectivity index (χ1n) is 5.62. The lowest BCUT2D eigenvalue weighted by atomic mass is 10.1. The molecule has 0 aliphatic carbocycles. The smallest absolute Gasteiger partial charge is 0.0948 e. The van der Waals surface area contributed by atoms with Crippen LogP contribution in [0.4, 0.5) is 0 Å². The Morgan fingerprint density at radius 1 is 1.40 bits per heavy atom. The zero-order valence-electron chi connectivity index (χ0n) is 10.5. The van der Waals surface area contributed by atoms with Gasteiger partial charge >= 0.3 is 0 Å². The fourth-order valence-corrected chi connectivity index (χ4v) is 1.41. The van der Waals surface area contributed by atoms with Gasteiger partial charge in [-0.3, -0.25) is 0 Å². The van der Waals surface area contributed by atoms with Gasteiger partial charge in [-0.15, -0.1) is 0 Å². The van der Waals surface area contributed by atoms with E-state index in [4.69, 9.17) is 0 Å². The van der Waals surface area contributed by atoms with E-state index in [1.54, 1.807) is 0 Å². The minimum absolute atomic E-state index is 0.160. The average molecular weight is 209 g/mol. The summed E-state index contributed by atoms with van der Waals surface area (Å²) in [6, 6.07) is 0. The number of nitrogens with one attached hydrogen (secondary N) is 1. The Kier molecular flexibility index (Phi) is 3.91. The van der Waals surface area contributed by atoms with Gasteiger partial charge in [-0.1, -0.05) is 13.8 Å². The molecule has 0 bridgehead atoms. The number of hydrogen-bond donors (Lipinski definition) is 1. The molecule has 0 aliphatic rings. The maximum absolute atomic E-state index is 4.20. The lowest BCUT2D eigenvalue weighted by molar-refractivity contribution is 0.410. The Bertz CT molecular complexity index is 294. The average Bonchev–Trinajstić information content (AvgIpc) is 2.46. The molecular formula is C12H23N3. The SMILES string of the molecule is CC(C)Cn1cncc1CNC(C)(C)C. The zero-order valence-corrected chi connectivity index (χ0v) is 10.5. The summed E-state index contributed by atoms with van der Waals surface area (Å²) in [6.45, 7) is 12.9. The molecule has 1 aromatic rings. The molecule has 1 aromatic heterocycles. The van der Waals surface area contributed by atoms with Gasteiger partial charge in [0.25, 0.3) is 0 Å². The van der Waals surface area contributed by atoms with E-state index in [1.807, 2.05) is 12.5 Å². The largest absolute Gasteiger partial charge is 0.333 e. The van der Waals surface area contributed by atoms with Crippen molar-refractivity contribution in [3.8, 4) is 0 Å². The fraction of sp³-hybridized carbons (Fsp3) is 0.750. The molecule has 86 valence electrons. The van der Waals surface area contributed by atoms with Gasteiger partial charge in [-0.05, 0) is 26.7 Å². The first-order chi connectivity index (χ1) is 6.88. The number of aromatic nitrogens is 2. The molecule has 0 atom stereocenters. The van der Waals surface area contributed by atoms with Gasteiger partial charge in [0.1, 0.15) is 0 Å². The van der Waals surface area contributed by atoms with Crippen LogP contribution in [0.15, 0.2) is 12.5 Å². The maximum Gasteiger partial charge on any atom is 0.0948 e. The molecule has 3 nitrogen and oxygen atoms in total. The lowest BCUT2D eigenvalue weighted by Crippen LogP contribution is -2.35. The maximum atomic E-state index is 4.20. The van der Waals surface area contributed by atoms with Crippen molar-refractivity contribution in [2.45, 2.75) is 53.2 Å². The van der Waals surface area contributed by atoms with Gasteiger partial charge in [0.2, 0.25) is 0 Å². The van der Waals surface area contributed by atoms with Crippen molar-refractivity contribution in [3.63, 3.8) is 0 Å². The van der Waals surface area contributed by atoms with Crippen molar-refractivity contribution in [1.82, 2.24) is 14.9 Å². The van der Waals surface area contributed by atoms with Crippen LogP contribution in [-0.4, -0.2) is 15.1 Å². The molecule has 0 saturated heterocycles. The Morgan fingerprint density at radius 3 is 2.60 bits per heavy atom. The van der Waals surface area contributed by atoms with E-state index in [9.17, 15) is 0 Å². The molecule has 1 heterocycles. The van der Waals surface area contributed by atoms with Gasteiger partial charge in [-0.2, -0.15) is 0 Å². The van der Waals surface area contributed by atoms with Gasteiger partial charge in [-0.25, -0.2) is 4.98 Å². The molecule has 1 rings (SSSR count). The molecule has 3 heteroatoms. The molecule has 0 aromatic carbocycles. The van der Waals surface area contributed by atoms with Gasteiger partial charge < -0.3 is 9.88 Å². The van der Waals surface area contributed by atoms with Gasteiger partial charge in [0, 0.05) is 24.8 Å². The van der Waals surface area contributed by atoms with Crippen LogP contribution in [0, 0.1) is 5.92 Å². The van der Waals surface area contributed by atoms with Crippen LogP contribution in [0.3, 0.4) is 0 Å². The quantitative estimate of drug-likeness (QED) is 0.825. The summed E-state index contributed by atoms with van der Waals surface area (Å²) in [5.74, 6) is 0.660. The molecule has 1 N–H and O–H groups in total. The second-order valence-electron chi connectivity index (χ2n) is 5.53. The number of rotatable bonds is 4. The molecule has 0 aliphatic heterocycles. The number of imidazole rings is 1. The minimum Gasteiger partial charge on any atom is -0.333 e. The summed E-state index contributed by atoms with van der Waals surface area (Å²) in [6.07, 6.45) is 3.86. The summed E-state index contributed by atoms with van der Waals surface area (Å²) in [7, 11) is 0. The first kappa shape index (κ1) is 12.2. The van der Waals surface area contributed by atoms with E-state index in [0.29, 0.717) is 5.92 Å². The topological polar surface area (TPSA) is 29.9 Å². The lowest BCUT2D eigenvalue weighted by Gasteiger charge is -2.21. The van der Waals surface area contributed by atoms with E-state index < -0.39 is 0 Å². The van der Waals surface area contributed by atoms with E-state index >= 15 is 0 Å². The number of hydrogen-bond acceptors (Lipinski definition) is 2. The predicted molar refractivity (Wildman–Crippen MR) is 63.7 cm³/mol. The first-order valence-corrected chi connectivity index (χ1v) is 5.62. The second kappa shape index (κ2) is 4.79. The minimum atomic E-state index is 0.160. The highest BCUT2D eigenvalue weighted by Crippen LogP contribution is 2.07. The van der Waals surface area contributed by atoms with E-state index in [-0.39, 0.29) is 5.54 Å². The normalized spacial score (nSPS) is 12.4. The highest BCUT2D eigenvalue weighted by Gasteiger charge is 2.10. The predicted octanol–water partition coefficient (Wildman–Crippen LogP) is 2.43. The molecule has 0 fully saturated rings. The summed E-state index contributed by atoms with van der Waals surface area (Å²) in [4.78, 5) is 4.20. The monoisotopic (exact) mass is 209 g/mol. The Balaban J connectivity index is 2.57. The van der Waals surface area contributed by atoms with Crippen molar-refractivity contribution in [3.05, 3.63) is 18.2 Å². The van der Waals surface area contributed by atoms with Gasteiger partial charge in [0.05, 0.1) is 12.0 Å². The highest BCUT2D eigenvalue weighted by molar-refractivity contribution is 4.99. The molecule has 0 amide bonds. The summed E-state index contributed by atoms with van der Waals surface area (Å²) in [5.41, 5.74) is 1.42. The molecular weight excluding hydrogens is 186 g/mol. The van der Waals surface area contributed by atoms with Crippen molar-refractivity contribution in [1.29, 1.82) is 0 Å². The van der Waals surface area contributed by atoms with E-state index in [0.717, 1.165) is 13.1 Å². The van der Waals surface area contributed by atoms with Crippen LogP contribution < -0.4 is 5.32 Å². The standard InChI is InChI=1S/C12H23N3/c1-10(2)8-15-9-13-6-11(15)7-14-12(3,4)5/h6,9-10,14H,7-8H2,1-5H3. The summed E-state index contributed by atoms with van der Waals surface area (Å²) < 4.78 is 2.23. The van der Waals surface area contributed by atoms with Crippen LogP contribution in [0.5, 0.6) is 0 Å². The van der Waals surface area contributed by atoms with Crippen molar-refractivity contribution < 1.29 is 0 Å². The van der Waals surface area contributed by atoms with Crippen molar-refractivity contribution in [2.24, 2.45) is 5.92 Å². The van der Waals surface area contributed by atoms with Crippen LogP contribution >= 0.6 is 0 Å². The molecule has 15 heavy (non-hydrogen) atoms. The van der Waals surface area contributed by atoms with E-state index in [1.165, 1.54) is 5.69 Å². The molecule has 0 saturated carbocycles. The second-order valence-corrected chi connectivity index (χ2v) is 5.53. The van der Waals surface area contributed by atoms with Crippen LogP contribution in [0.2, 0.25) is 0 Å². The Labute approximate surface area is 92.9 Å². The van der Waals surface area contributed by atoms with Crippen LogP contribution in [0.1, 0.15) is 40.3 Å². The van der Waals surface area contributed by atoms with Gasteiger partial charge in [0.15, 0.2) is 0 Å². The molecule has 0 unspecified atom stereocenters. The Morgan fingerprint density at radius 2 is 2.07 bits per heavy atom. The highest BCUT2D eigenvalue weighted by atomic mass is 15.1.